The number of aromatic hydroxyl groups is 1. The summed E-state index contributed by atoms with van der Waals surface area (Å²) in [7, 11) is 0. The van der Waals surface area contributed by atoms with Gasteiger partial charge in [0.1, 0.15) is 5.75 Å². The van der Waals surface area contributed by atoms with Gasteiger partial charge < -0.3 is 9.84 Å². The first kappa shape index (κ1) is 19.1. The van der Waals surface area contributed by atoms with E-state index >= 15 is 0 Å². The number of hydrogen-bond acceptors (Lipinski definition) is 3. The van der Waals surface area contributed by atoms with Crippen LogP contribution in [0, 0.1) is 0 Å². The van der Waals surface area contributed by atoms with Crippen molar-refractivity contribution in [2.24, 2.45) is 0 Å². The van der Waals surface area contributed by atoms with Crippen LogP contribution in [0.4, 0.5) is 10.5 Å². The molecule has 4 nitrogen and oxygen atoms in total. The summed E-state index contributed by atoms with van der Waals surface area (Å²) in [5.41, 5.74) is 3.18. The number of ether oxygens (including phenoxy) is 1. The number of phenolic OH excluding ortho intramolecular Hbond substituents is 1. The lowest BCUT2D eigenvalue weighted by atomic mass is 9.98. The summed E-state index contributed by atoms with van der Waals surface area (Å²) >= 11 is 5.89. The largest absolute Gasteiger partial charge is 0.508 e. The number of hydrogen-bond donors (Lipinski definition) is 2. The molecule has 0 radical (unpaired) electrons. The van der Waals surface area contributed by atoms with Crippen LogP contribution in [-0.4, -0.2) is 23.7 Å². The fourth-order valence-corrected chi connectivity index (χ4v) is 2.78. The van der Waals surface area contributed by atoms with Crippen molar-refractivity contribution in [2.45, 2.75) is 32.6 Å². The average Bonchev–Trinajstić information content (AvgIpc) is 2.61. The number of nitrogens with one attached hydrogen (secondary N) is 1. The first-order chi connectivity index (χ1) is 12.2. The molecule has 0 saturated carbocycles. The van der Waals surface area contributed by atoms with Crippen LogP contribution in [0.15, 0.2) is 42.5 Å². The minimum atomic E-state index is -0.510. The van der Waals surface area contributed by atoms with Crippen molar-refractivity contribution in [1.29, 1.82) is 0 Å². The third-order valence-electron chi connectivity index (χ3n) is 3.92. The van der Waals surface area contributed by atoms with Gasteiger partial charge >= 0.3 is 6.09 Å². The number of rotatable bonds is 8. The van der Waals surface area contributed by atoms with Gasteiger partial charge in [0.15, 0.2) is 0 Å². The van der Waals surface area contributed by atoms with Gasteiger partial charge in [-0.3, -0.25) is 5.32 Å². The summed E-state index contributed by atoms with van der Waals surface area (Å²) in [5.74, 6) is 0.570. The monoisotopic (exact) mass is 361 g/mol. The summed E-state index contributed by atoms with van der Waals surface area (Å²) < 4.78 is 5.20. The fourth-order valence-electron chi connectivity index (χ4n) is 2.58. The van der Waals surface area contributed by atoms with Crippen LogP contribution in [0.1, 0.15) is 36.5 Å². The molecule has 25 heavy (non-hydrogen) atoms. The Balaban J connectivity index is 2.29. The molecule has 0 unspecified atom stereocenters. The predicted molar refractivity (Wildman–Crippen MR) is 102 cm³/mol. The Kier molecular flexibility index (Phi) is 7.61. The van der Waals surface area contributed by atoms with Gasteiger partial charge in [0.25, 0.3) is 0 Å². The molecule has 2 N–H and O–H groups in total. The quantitative estimate of drug-likeness (QED) is 0.507. The molecule has 0 aliphatic rings. The lowest BCUT2D eigenvalue weighted by Crippen LogP contribution is -2.17. The highest BCUT2D eigenvalue weighted by Crippen LogP contribution is 2.32. The normalized spacial score (nSPS) is 10.5. The van der Waals surface area contributed by atoms with E-state index in [1.54, 1.807) is 12.1 Å². The second-order valence-corrected chi connectivity index (χ2v) is 6.19. The van der Waals surface area contributed by atoms with E-state index in [0.717, 1.165) is 24.0 Å². The van der Waals surface area contributed by atoms with Gasteiger partial charge in [-0.25, -0.2) is 4.79 Å². The van der Waals surface area contributed by atoms with Crippen LogP contribution in [0.3, 0.4) is 0 Å². The first-order valence-electron chi connectivity index (χ1n) is 8.53. The zero-order valence-electron chi connectivity index (χ0n) is 14.4. The number of carbonyl (C=O) groups is 1. The highest BCUT2D eigenvalue weighted by Gasteiger charge is 2.16. The summed E-state index contributed by atoms with van der Waals surface area (Å²) in [6.45, 7) is 2.41. The van der Waals surface area contributed by atoms with Gasteiger partial charge in [-0.1, -0.05) is 49.7 Å². The number of phenols is 1. The Bertz CT molecular complexity index is 689. The van der Waals surface area contributed by atoms with Gasteiger partial charge in [0.2, 0.25) is 0 Å². The Morgan fingerprint density at radius 1 is 1.20 bits per heavy atom. The number of anilines is 1. The van der Waals surface area contributed by atoms with Crippen molar-refractivity contribution in [3.05, 3.63) is 59.2 Å². The number of halogens is 1. The van der Waals surface area contributed by atoms with Crippen LogP contribution in [0.5, 0.6) is 5.75 Å². The topological polar surface area (TPSA) is 58.6 Å². The van der Waals surface area contributed by atoms with Crippen LogP contribution in [0.25, 0.3) is 0 Å². The zero-order chi connectivity index (χ0) is 18.1. The lowest BCUT2D eigenvalue weighted by Gasteiger charge is -2.17. The highest BCUT2D eigenvalue weighted by molar-refractivity contribution is 6.18. The lowest BCUT2D eigenvalue weighted by molar-refractivity contribution is 0.160. The van der Waals surface area contributed by atoms with Crippen LogP contribution in [0.2, 0.25) is 0 Å². The molecule has 0 aliphatic carbocycles. The second-order valence-electron chi connectivity index (χ2n) is 5.81. The predicted octanol–water partition coefficient (Wildman–Crippen LogP) is 5.11. The maximum Gasteiger partial charge on any atom is 0.411 e. The van der Waals surface area contributed by atoms with E-state index in [9.17, 15) is 9.90 Å². The van der Waals surface area contributed by atoms with Crippen molar-refractivity contribution in [2.75, 3.05) is 17.8 Å². The van der Waals surface area contributed by atoms with E-state index in [4.69, 9.17) is 16.3 Å². The molecule has 0 aromatic heterocycles. The average molecular weight is 362 g/mol. The number of unbranched alkanes of at least 4 members (excludes halogenated alkanes) is 1. The summed E-state index contributed by atoms with van der Waals surface area (Å²) in [6, 6.07) is 13.2. The molecule has 2 aromatic rings. The van der Waals surface area contributed by atoms with Crippen molar-refractivity contribution >= 4 is 23.4 Å². The molecule has 0 atom stereocenters. The van der Waals surface area contributed by atoms with E-state index in [-0.39, 0.29) is 5.75 Å². The fraction of sp³-hybridized carbons (Fsp3) is 0.350. The van der Waals surface area contributed by atoms with Crippen molar-refractivity contribution in [1.82, 2.24) is 0 Å². The number of carbonyl (C=O) groups excluding carboxylic acids is 1. The van der Waals surface area contributed by atoms with E-state index in [0.29, 0.717) is 36.6 Å². The highest BCUT2D eigenvalue weighted by atomic mass is 35.5. The minimum absolute atomic E-state index is 0.144. The van der Waals surface area contributed by atoms with E-state index in [1.807, 2.05) is 37.3 Å². The molecule has 2 rings (SSSR count). The van der Waals surface area contributed by atoms with Crippen LogP contribution >= 0.6 is 11.6 Å². The number of aryl methyl sites for hydroxylation is 1. The van der Waals surface area contributed by atoms with E-state index in [1.165, 1.54) is 0 Å². The standard InChI is InChI=1S/C20H24ClNO3/c1-2-3-13-25-20(24)22-19-16(11-12-21)9-10-18(23)17(19)14-15-7-5-4-6-8-15/h4-10,23H,2-3,11-14H2,1H3,(H,22,24). The first-order valence-corrected chi connectivity index (χ1v) is 9.06. The molecule has 0 aliphatic heterocycles. The molecule has 5 heteroatoms. The number of benzene rings is 2. The van der Waals surface area contributed by atoms with Crippen LogP contribution < -0.4 is 5.32 Å². The molecule has 0 heterocycles. The Labute approximate surface area is 153 Å². The summed E-state index contributed by atoms with van der Waals surface area (Å²) in [4.78, 5) is 12.1. The molecule has 2 aromatic carbocycles. The third kappa shape index (κ3) is 5.68. The second kappa shape index (κ2) is 9.94. The zero-order valence-corrected chi connectivity index (χ0v) is 15.2. The van der Waals surface area contributed by atoms with Gasteiger partial charge in [-0.15, -0.1) is 11.6 Å². The van der Waals surface area contributed by atoms with Crippen molar-refractivity contribution in [3.63, 3.8) is 0 Å². The summed E-state index contributed by atoms with van der Waals surface area (Å²) in [6.07, 6.45) is 2.36. The molecule has 0 saturated heterocycles. The van der Waals surface area contributed by atoms with Gasteiger partial charge in [-0.05, 0) is 30.0 Å². The van der Waals surface area contributed by atoms with Gasteiger partial charge in [0.05, 0.1) is 12.3 Å². The van der Waals surface area contributed by atoms with Crippen LogP contribution in [-0.2, 0) is 17.6 Å². The molecule has 134 valence electrons. The molecule has 0 fully saturated rings. The van der Waals surface area contributed by atoms with Crippen molar-refractivity contribution in [3.8, 4) is 5.75 Å². The van der Waals surface area contributed by atoms with Crippen molar-refractivity contribution < 1.29 is 14.6 Å². The smallest absolute Gasteiger partial charge is 0.411 e. The molecule has 0 spiro atoms. The Morgan fingerprint density at radius 2 is 1.96 bits per heavy atom. The number of amides is 1. The summed E-state index contributed by atoms with van der Waals surface area (Å²) in [5, 5.41) is 13.2. The van der Waals surface area contributed by atoms with Gasteiger partial charge in [-0.2, -0.15) is 0 Å². The van der Waals surface area contributed by atoms with E-state index < -0.39 is 6.09 Å². The molecular formula is C20H24ClNO3. The third-order valence-corrected chi connectivity index (χ3v) is 4.11. The maximum atomic E-state index is 12.1. The molecular weight excluding hydrogens is 338 g/mol. The Hall–Kier alpha value is -2.20. The van der Waals surface area contributed by atoms with E-state index in [2.05, 4.69) is 5.32 Å². The van der Waals surface area contributed by atoms with Gasteiger partial charge in [0, 0.05) is 17.9 Å². The molecule has 1 amide bonds. The Morgan fingerprint density at radius 3 is 2.64 bits per heavy atom. The maximum absolute atomic E-state index is 12.1. The SMILES string of the molecule is CCCCOC(=O)Nc1c(CCCl)ccc(O)c1Cc1ccccc1. The number of alkyl halides is 1. The molecule has 0 bridgehead atoms. The minimum Gasteiger partial charge on any atom is -0.508 e.